The van der Waals surface area contributed by atoms with Gasteiger partial charge in [-0.05, 0) is 34.5 Å². The van der Waals surface area contributed by atoms with Crippen molar-refractivity contribution in [2.45, 2.75) is 6.42 Å². The molecule has 84 valence electrons. The molecule has 0 aliphatic carbocycles. The molecule has 1 aromatic carbocycles. The number of anilines is 1. The predicted molar refractivity (Wildman–Crippen MR) is 66.3 cm³/mol. The van der Waals surface area contributed by atoms with Crippen LogP contribution in [0.5, 0.6) is 0 Å². The van der Waals surface area contributed by atoms with Crippen molar-refractivity contribution in [2.24, 2.45) is 5.92 Å². The second-order valence-electron chi connectivity index (χ2n) is 3.88. The molecule has 2 rings (SSSR count). The molecule has 1 N–H and O–H groups in total. The number of nitrogens with one attached hydrogen (secondary N) is 1. The van der Waals surface area contributed by atoms with Gasteiger partial charge in [0.2, 0.25) is 0 Å². The summed E-state index contributed by atoms with van der Waals surface area (Å²) in [7, 11) is 0. The maximum absolute atomic E-state index is 9.05. The minimum atomic E-state index is 0.561. The molecule has 16 heavy (non-hydrogen) atoms. The lowest BCUT2D eigenvalue weighted by atomic mass is 10.1. The van der Waals surface area contributed by atoms with Gasteiger partial charge in [0.05, 0.1) is 17.9 Å². The Kier molecular flexibility index (Phi) is 3.81. The zero-order valence-corrected chi connectivity index (χ0v) is 10.5. The number of nitriles is 1. The number of nitrogens with zero attached hydrogens (tertiary/aromatic N) is 1. The minimum Gasteiger partial charge on any atom is -0.384 e. The third-order valence-corrected chi connectivity index (χ3v) is 3.39. The molecule has 1 aliphatic rings. The van der Waals surface area contributed by atoms with E-state index in [0.29, 0.717) is 11.5 Å². The summed E-state index contributed by atoms with van der Waals surface area (Å²) in [5, 5.41) is 12.4. The van der Waals surface area contributed by atoms with Gasteiger partial charge in [-0.3, -0.25) is 0 Å². The molecule has 1 atom stereocenters. The van der Waals surface area contributed by atoms with E-state index in [4.69, 9.17) is 10.00 Å². The first-order chi connectivity index (χ1) is 7.81. The van der Waals surface area contributed by atoms with Gasteiger partial charge in [-0.15, -0.1) is 0 Å². The zero-order valence-electron chi connectivity index (χ0n) is 8.87. The van der Waals surface area contributed by atoms with Gasteiger partial charge in [0.25, 0.3) is 0 Å². The van der Waals surface area contributed by atoms with Crippen LogP contribution in [-0.2, 0) is 4.74 Å². The highest BCUT2D eigenvalue weighted by molar-refractivity contribution is 9.10. The van der Waals surface area contributed by atoms with Crippen molar-refractivity contribution in [3.05, 3.63) is 28.2 Å². The molecule has 3 nitrogen and oxygen atoms in total. The smallest absolute Gasteiger partial charge is 0.103 e. The van der Waals surface area contributed by atoms with Crippen molar-refractivity contribution in [3.8, 4) is 6.07 Å². The van der Waals surface area contributed by atoms with E-state index < -0.39 is 0 Å². The molecule has 0 bridgehead atoms. The summed E-state index contributed by atoms with van der Waals surface area (Å²) in [6, 6.07) is 7.93. The quantitative estimate of drug-likeness (QED) is 0.926. The molecule has 1 fully saturated rings. The van der Waals surface area contributed by atoms with E-state index in [2.05, 4.69) is 27.3 Å². The first-order valence-corrected chi connectivity index (χ1v) is 6.11. The van der Waals surface area contributed by atoms with Crippen LogP contribution in [-0.4, -0.2) is 19.8 Å². The topological polar surface area (TPSA) is 45.0 Å². The average Bonchev–Trinajstić information content (AvgIpc) is 2.79. The van der Waals surface area contributed by atoms with Gasteiger partial charge in [-0.1, -0.05) is 6.07 Å². The second kappa shape index (κ2) is 5.33. The van der Waals surface area contributed by atoms with Crippen LogP contribution in [0.3, 0.4) is 0 Å². The van der Waals surface area contributed by atoms with E-state index >= 15 is 0 Å². The second-order valence-corrected chi connectivity index (χ2v) is 4.74. The molecule has 0 radical (unpaired) electrons. The molecule has 1 saturated heterocycles. The predicted octanol–water partition coefficient (Wildman–Crippen LogP) is 2.77. The van der Waals surface area contributed by atoms with Crippen LogP contribution in [0.25, 0.3) is 0 Å². The van der Waals surface area contributed by atoms with Crippen molar-refractivity contribution >= 4 is 21.6 Å². The van der Waals surface area contributed by atoms with E-state index in [1.54, 1.807) is 0 Å². The molecular weight excluding hydrogens is 268 g/mol. The normalized spacial score (nSPS) is 19.4. The summed E-state index contributed by atoms with van der Waals surface area (Å²) < 4.78 is 6.15. The molecule has 0 aromatic heterocycles. The lowest BCUT2D eigenvalue weighted by Crippen LogP contribution is -2.14. The summed E-state index contributed by atoms with van der Waals surface area (Å²) in [6.07, 6.45) is 1.10. The summed E-state index contributed by atoms with van der Waals surface area (Å²) in [5.74, 6) is 0.561. The van der Waals surface area contributed by atoms with Crippen LogP contribution in [0.15, 0.2) is 22.7 Å². The zero-order chi connectivity index (χ0) is 11.4. The Morgan fingerprint density at radius 3 is 3.12 bits per heavy atom. The largest absolute Gasteiger partial charge is 0.384 e. The number of hydrogen-bond acceptors (Lipinski definition) is 3. The summed E-state index contributed by atoms with van der Waals surface area (Å²) in [6.45, 7) is 2.55. The van der Waals surface area contributed by atoms with Gasteiger partial charge in [0, 0.05) is 23.5 Å². The van der Waals surface area contributed by atoms with Crippen LogP contribution in [0.1, 0.15) is 12.0 Å². The van der Waals surface area contributed by atoms with E-state index in [1.165, 1.54) is 0 Å². The van der Waals surface area contributed by atoms with Crippen LogP contribution >= 0.6 is 15.9 Å². The Bertz CT molecular complexity index is 408. The van der Waals surface area contributed by atoms with E-state index in [1.807, 2.05) is 18.2 Å². The number of ether oxygens (including phenoxy) is 1. The Labute approximate surface area is 104 Å². The Hall–Kier alpha value is -1.05. The van der Waals surface area contributed by atoms with E-state index in [0.717, 1.165) is 36.3 Å². The molecule has 0 spiro atoms. The molecular formula is C12H13BrN2O. The maximum atomic E-state index is 9.05. The number of benzene rings is 1. The monoisotopic (exact) mass is 280 g/mol. The molecule has 0 amide bonds. The number of hydrogen-bond donors (Lipinski definition) is 1. The summed E-state index contributed by atoms with van der Waals surface area (Å²) >= 11 is 3.37. The summed E-state index contributed by atoms with van der Waals surface area (Å²) in [4.78, 5) is 0. The number of halogens is 1. The van der Waals surface area contributed by atoms with Gasteiger partial charge in [-0.25, -0.2) is 0 Å². The van der Waals surface area contributed by atoms with Crippen LogP contribution in [0.2, 0.25) is 0 Å². The first-order valence-electron chi connectivity index (χ1n) is 5.31. The maximum Gasteiger partial charge on any atom is 0.103 e. The molecule has 0 saturated carbocycles. The van der Waals surface area contributed by atoms with E-state index in [-0.39, 0.29) is 0 Å². The standard InChI is InChI=1S/C12H13BrN2O/c13-11-2-1-3-12(10(11)6-14)15-7-9-4-5-16-8-9/h1-3,9,15H,4-5,7-8H2. The third-order valence-electron chi connectivity index (χ3n) is 2.73. The van der Waals surface area contributed by atoms with Crippen molar-refractivity contribution in [2.75, 3.05) is 25.1 Å². The van der Waals surface area contributed by atoms with Crippen molar-refractivity contribution in [1.29, 1.82) is 5.26 Å². The fraction of sp³-hybridized carbons (Fsp3) is 0.417. The molecule has 1 aliphatic heterocycles. The molecule has 1 heterocycles. The fourth-order valence-electron chi connectivity index (χ4n) is 1.78. The first kappa shape index (κ1) is 11.4. The lowest BCUT2D eigenvalue weighted by Gasteiger charge is -2.12. The van der Waals surface area contributed by atoms with Crippen LogP contribution in [0, 0.1) is 17.2 Å². The van der Waals surface area contributed by atoms with Crippen molar-refractivity contribution in [1.82, 2.24) is 0 Å². The average molecular weight is 281 g/mol. The van der Waals surface area contributed by atoms with Gasteiger partial charge in [0.1, 0.15) is 6.07 Å². The Balaban J connectivity index is 2.03. The number of rotatable bonds is 3. The highest BCUT2D eigenvalue weighted by Crippen LogP contribution is 2.24. The molecule has 1 unspecified atom stereocenters. The fourth-order valence-corrected chi connectivity index (χ4v) is 2.24. The highest BCUT2D eigenvalue weighted by atomic mass is 79.9. The van der Waals surface area contributed by atoms with Crippen LogP contribution < -0.4 is 5.32 Å². The lowest BCUT2D eigenvalue weighted by molar-refractivity contribution is 0.187. The summed E-state index contributed by atoms with van der Waals surface area (Å²) in [5.41, 5.74) is 1.56. The molecule has 4 heteroatoms. The Morgan fingerprint density at radius 2 is 2.44 bits per heavy atom. The SMILES string of the molecule is N#Cc1c(Br)cccc1NCC1CCOC1. The highest BCUT2D eigenvalue weighted by Gasteiger charge is 2.15. The minimum absolute atomic E-state index is 0.561. The van der Waals surface area contributed by atoms with Gasteiger partial charge in [-0.2, -0.15) is 5.26 Å². The third kappa shape index (κ3) is 2.55. The van der Waals surface area contributed by atoms with Gasteiger partial charge >= 0.3 is 0 Å². The van der Waals surface area contributed by atoms with Crippen LogP contribution in [0.4, 0.5) is 5.69 Å². The van der Waals surface area contributed by atoms with Gasteiger partial charge in [0.15, 0.2) is 0 Å². The van der Waals surface area contributed by atoms with Crippen molar-refractivity contribution in [3.63, 3.8) is 0 Å². The molecule has 1 aromatic rings. The Morgan fingerprint density at radius 1 is 1.56 bits per heavy atom. The van der Waals surface area contributed by atoms with Crippen molar-refractivity contribution < 1.29 is 4.74 Å². The van der Waals surface area contributed by atoms with E-state index in [9.17, 15) is 0 Å². The van der Waals surface area contributed by atoms with Gasteiger partial charge < -0.3 is 10.1 Å².